The summed E-state index contributed by atoms with van der Waals surface area (Å²) in [7, 11) is 3.44. The molecule has 0 radical (unpaired) electrons. The predicted octanol–water partition coefficient (Wildman–Crippen LogP) is 2.85. The van der Waals surface area contributed by atoms with Crippen molar-refractivity contribution in [2.45, 2.75) is 25.3 Å². The Morgan fingerprint density at radius 2 is 2.00 bits per heavy atom. The molecule has 1 atom stereocenters. The van der Waals surface area contributed by atoms with E-state index >= 15 is 0 Å². The third-order valence-corrected chi connectivity index (χ3v) is 3.23. The number of halogens is 2. The number of benzene rings is 1. The fraction of sp³-hybridized carbons (Fsp3) is 0.538. The summed E-state index contributed by atoms with van der Waals surface area (Å²) in [5.74, 6) is -1.53. The van der Waals surface area contributed by atoms with Crippen LogP contribution < -0.4 is 10.2 Å². The van der Waals surface area contributed by atoms with E-state index in [1.165, 1.54) is 6.07 Å². The Balaban J connectivity index is 2.34. The van der Waals surface area contributed by atoms with E-state index in [1.807, 2.05) is 0 Å². The molecule has 0 aliphatic carbocycles. The molecule has 94 valence electrons. The minimum Gasteiger partial charge on any atom is -0.375 e. The molecule has 4 heteroatoms. The van der Waals surface area contributed by atoms with Gasteiger partial charge in [0.05, 0.1) is 5.69 Å². The van der Waals surface area contributed by atoms with E-state index < -0.39 is 11.6 Å². The normalized spacial score (nSPS) is 20.4. The number of rotatable bonds is 2. The summed E-state index contributed by atoms with van der Waals surface area (Å²) in [6.45, 7) is 0.945. The van der Waals surface area contributed by atoms with Crippen LogP contribution in [0.15, 0.2) is 12.1 Å². The van der Waals surface area contributed by atoms with Crippen molar-refractivity contribution in [1.29, 1.82) is 0 Å². The van der Waals surface area contributed by atoms with E-state index in [-0.39, 0.29) is 6.04 Å². The zero-order valence-corrected chi connectivity index (χ0v) is 10.3. The van der Waals surface area contributed by atoms with Gasteiger partial charge in [-0.1, -0.05) is 6.42 Å². The second kappa shape index (κ2) is 5.00. The van der Waals surface area contributed by atoms with Crippen LogP contribution in [0.4, 0.5) is 14.5 Å². The maximum absolute atomic E-state index is 13.6. The first-order chi connectivity index (χ1) is 8.09. The first kappa shape index (κ1) is 12.3. The van der Waals surface area contributed by atoms with E-state index in [2.05, 4.69) is 5.32 Å². The predicted molar refractivity (Wildman–Crippen MR) is 65.3 cm³/mol. The maximum atomic E-state index is 13.6. The van der Waals surface area contributed by atoms with Gasteiger partial charge >= 0.3 is 0 Å². The van der Waals surface area contributed by atoms with Crippen LogP contribution in [0, 0.1) is 11.6 Å². The number of piperidine rings is 1. The van der Waals surface area contributed by atoms with Gasteiger partial charge in [-0.2, -0.15) is 0 Å². The second-order valence-corrected chi connectivity index (χ2v) is 4.73. The van der Waals surface area contributed by atoms with Crippen molar-refractivity contribution in [3.63, 3.8) is 0 Å². The van der Waals surface area contributed by atoms with Gasteiger partial charge < -0.3 is 10.2 Å². The van der Waals surface area contributed by atoms with Gasteiger partial charge in [-0.15, -0.1) is 0 Å². The summed E-state index contributed by atoms with van der Waals surface area (Å²) < 4.78 is 27.1. The van der Waals surface area contributed by atoms with Crippen molar-refractivity contribution >= 4 is 5.69 Å². The number of hydrogen-bond donors (Lipinski definition) is 1. The molecule has 2 nitrogen and oxygen atoms in total. The van der Waals surface area contributed by atoms with Gasteiger partial charge in [-0.25, -0.2) is 8.78 Å². The molecule has 1 fully saturated rings. The van der Waals surface area contributed by atoms with Gasteiger partial charge in [0.15, 0.2) is 11.6 Å². The molecule has 0 spiro atoms. The Bertz CT molecular complexity index is 399. The SMILES string of the molecule is CN(C)c1cc(C2CCCCN2)cc(F)c1F. The van der Waals surface area contributed by atoms with Crippen LogP contribution in [0.2, 0.25) is 0 Å². The highest BCUT2D eigenvalue weighted by Gasteiger charge is 2.19. The topological polar surface area (TPSA) is 15.3 Å². The molecule has 0 saturated carbocycles. The fourth-order valence-electron chi connectivity index (χ4n) is 2.26. The molecule has 1 aromatic rings. The second-order valence-electron chi connectivity index (χ2n) is 4.73. The number of nitrogens with zero attached hydrogens (tertiary/aromatic N) is 1. The Morgan fingerprint density at radius 1 is 1.24 bits per heavy atom. The number of nitrogens with one attached hydrogen (secondary N) is 1. The Morgan fingerprint density at radius 3 is 2.59 bits per heavy atom. The van der Waals surface area contributed by atoms with Crippen LogP contribution in [0.25, 0.3) is 0 Å². The van der Waals surface area contributed by atoms with Crippen molar-refractivity contribution in [2.75, 3.05) is 25.5 Å². The van der Waals surface area contributed by atoms with Gasteiger partial charge in [0, 0.05) is 20.1 Å². The Kier molecular flexibility index (Phi) is 3.62. The minimum absolute atomic E-state index is 0.151. The molecule has 1 aliphatic rings. The van der Waals surface area contributed by atoms with Crippen LogP contribution in [-0.4, -0.2) is 20.6 Å². The number of anilines is 1. The molecule has 1 aliphatic heterocycles. The zero-order valence-electron chi connectivity index (χ0n) is 10.3. The third kappa shape index (κ3) is 2.57. The molecular formula is C13H18F2N2. The first-order valence-corrected chi connectivity index (χ1v) is 5.99. The summed E-state index contributed by atoms with van der Waals surface area (Å²) in [5, 5.41) is 3.34. The van der Waals surface area contributed by atoms with Crippen LogP contribution in [-0.2, 0) is 0 Å². The Labute approximate surface area is 101 Å². The highest BCUT2D eigenvalue weighted by molar-refractivity contribution is 5.50. The van der Waals surface area contributed by atoms with Gasteiger partial charge in [-0.3, -0.25) is 0 Å². The molecular weight excluding hydrogens is 222 g/mol. The molecule has 1 saturated heterocycles. The first-order valence-electron chi connectivity index (χ1n) is 5.99. The van der Waals surface area contributed by atoms with Gasteiger partial charge in [0.1, 0.15) is 0 Å². The fourth-order valence-corrected chi connectivity index (χ4v) is 2.26. The average molecular weight is 240 g/mol. The molecule has 1 unspecified atom stereocenters. The largest absolute Gasteiger partial charge is 0.375 e. The molecule has 0 amide bonds. The smallest absolute Gasteiger partial charge is 0.182 e. The highest BCUT2D eigenvalue weighted by atomic mass is 19.2. The lowest BCUT2D eigenvalue weighted by Crippen LogP contribution is -2.27. The van der Waals surface area contributed by atoms with Crippen molar-refractivity contribution in [1.82, 2.24) is 5.32 Å². The molecule has 2 rings (SSSR count). The summed E-state index contributed by atoms with van der Waals surface area (Å²) in [5.41, 5.74) is 1.15. The van der Waals surface area contributed by atoms with Crippen LogP contribution in [0.5, 0.6) is 0 Å². The summed E-state index contributed by atoms with van der Waals surface area (Å²) >= 11 is 0. The van der Waals surface area contributed by atoms with Crippen molar-refractivity contribution in [2.24, 2.45) is 0 Å². The third-order valence-electron chi connectivity index (χ3n) is 3.23. The van der Waals surface area contributed by atoms with E-state index in [4.69, 9.17) is 0 Å². The quantitative estimate of drug-likeness (QED) is 0.855. The monoisotopic (exact) mass is 240 g/mol. The minimum atomic E-state index is -0.769. The maximum Gasteiger partial charge on any atom is 0.182 e. The lowest BCUT2D eigenvalue weighted by atomic mass is 9.97. The molecule has 17 heavy (non-hydrogen) atoms. The molecule has 0 aromatic heterocycles. The standard InChI is InChI=1S/C13H18F2N2/c1-17(2)12-8-9(7-10(14)13(12)15)11-5-3-4-6-16-11/h7-8,11,16H,3-6H2,1-2H3. The molecule has 1 heterocycles. The molecule has 1 aromatic carbocycles. The average Bonchev–Trinajstić information content (AvgIpc) is 2.33. The van der Waals surface area contributed by atoms with Crippen molar-refractivity contribution in [3.05, 3.63) is 29.3 Å². The highest BCUT2D eigenvalue weighted by Crippen LogP contribution is 2.29. The van der Waals surface area contributed by atoms with Gasteiger partial charge in [0.2, 0.25) is 0 Å². The van der Waals surface area contributed by atoms with E-state index in [1.54, 1.807) is 25.1 Å². The van der Waals surface area contributed by atoms with Crippen LogP contribution in [0.1, 0.15) is 30.9 Å². The Hall–Kier alpha value is -1.16. The van der Waals surface area contributed by atoms with Gasteiger partial charge in [0.25, 0.3) is 0 Å². The van der Waals surface area contributed by atoms with E-state index in [0.717, 1.165) is 31.4 Å². The van der Waals surface area contributed by atoms with Crippen LogP contribution >= 0.6 is 0 Å². The summed E-state index contributed by atoms with van der Waals surface area (Å²) in [4.78, 5) is 1.60. The lowest BCUT2D eigenvalue weighted by molar-refractivity contribution is 0.409. The van der Waals surface area contributed by atoms with E-state index in [0.29, 0.717) is 5.69 Å². The lowest BCUT2D eigenvalue weighted by Gasteiger charge is -2.25. The van der Waals surface area contributed by atoms with Crippen molar-refractivity contribution in [3.8, 4) is 0 Å². The van der Waals surface area contributed by atoms with Crippen molar-refractivity contribution < 1.29 is 8.78 Å². The van der Waals surface area contributed by atoms with Gasteiger partial charge in [-0.05, 0) is 37.1 Å². The molecule has 1 N–H and O–H groups in total. The summed E-state index contributed by atoms with van der Waals surface area (Å²) in [6.07, 6.45) is 3.27. The zero-order chi connectivity index (χ0) is 12.4. The van der Waals surface area contributed by atoms with E-state index in [9.17, 15) is 8.78 Å². The molecule has 0 bridgehead atoms. The number of hydrogen-bond acceptors (Lipinski definition) is 2. The summed E-state index contributed by atoms with van der Waals surface area (Å²) in [6, 6.07) is 3.20. The van der Waals surface area contributed by atoms with Crippen LogP contribution in [0.3, 0.4) is 0 Å².